The van der Waals surface area contributed by atoms with Crippen LogP contribution >= 0.6 is 22.7 Å². The number of fused-ring (bicyclic) bond motifs is 1. The van der Waals surface area contributed by atoms with Crippen molar-refractivity contribution in [3.05, 3.63) is 147 Å². The van der Waals surface area contributed by atoms with Crippen molar-refractivity contribution in [1.82, 2.24) is 10.6 Å². The fraction of sp³-hybridized carbons (Fsp3) is 0.163. The number of ether oxygens (including phenoxy) is 4. The van der Waals surface area contributed by atoms with Gasteiger partial charge in [-0.2, -0.15) is 0 Å². The van der Waals surface area contributed by atoms with Gasteiger partial charge in [0.05, 0.1) is 28.2 Å². The van der Waals surface area contributed by atoms with Gasteiger partial charge in [0.15, 0.2) is 11.5 Å². The van der Waals surface area contributed by atoms with E-state index in [0.717, 1.165) is 11.1 Å². The third kappa shape index (κ3) is 9.97. The van der Waals surface area contributed by atoms with Crippen LogP contribution in [0.2, 0.25) is 0 Å². The minimum Gasteiger partial charge on any atom is -0.495 e. The zero-order valence-electron chi connectivity index (χ0n) is 30.7. The predicted molar refractivity (Wildman–Crippen MR) is 219 cm³/mol. The Labute approximate surface area is 336 Å². The van der Waals surface area contributed by atoms with Crippen LogP contribution in [0.1, 0.15) is 30.5 Å². The second-order valence-electron chi connectivity index (χ2n) is 12.8. The van der Waals surface area contributed by atoms with Gasteiger partial charge in [-0.05, 0) is 58.3 Å². The van der Waals surface area contributed by atoms with Gasteiger partial charge in [0.2, 0.25) is 11.8 Å². The van der Waals surface area contributed by atoms with Gasteiger partial charge in [-0.25, -0.2) is 0 Å². The van der Waals surface area contributed by atoms with Gasteiger partial charge in [0, 0.05) is 25.0 Å². The van der Waals surface area contributed by atoms with Gasteiger partial charge >= 0.3 is 0 Å². The summed E-state index contributed by atoms with van der Waals surface area (Å²) >= 11 is 2.57. The number of rotatable bonds is 15. The fourth-order valence-electron chi connectivity index (χ4n) is 6.08. The maximum atomic E-state index is 13.9. The smallest absolute Gasteiger partial charge is 0.262 e. The highest BCUT2D eigenvalue weighted by Gasteiger charge is 2.27. The first-order valence-corrected chi connectivity index (χ1v) is 19.8. The monoisotopic (exact) mass is 802 g/mol. The summed E-state index contributed by atoms with van der Waals surface area (Å²) in [6, 6.07) is 32.0. The van der Waals surface area contributed by atoms with Crippen LogP contribution in [0.15, 0.2) is 126 Å². The van der Waals surface area contributed by atoms with Crippen molar-refractivity contribution >= 4 is 57.7 Å². The maximum Gasteiger partial charge on any atom is 0.262 e. The number of carbonyl (C=O) groups excluding carboxylic acids is 4. The lowest BCUT2D eigenvalue weighted by Crippen LogP contribution is -2.45. The summed E-state index contributed by atoms with van der Waals surface area (Å²) in [6.07, 6.45) is 0.443. The molecule has 0 saturated carbocycles. The van der Waals surface area contributed by atoms with Gasteiger partial charge in [0.1, 0.15) is 42.5 Å². The van der Waals surface area contributed by atoms with Crippen LogP contribution in [0.5, 0.6) is 28.7 Å². The van der Waals surface area contributed by atoms with E-state index in [1.165, 1.54) is 29.8 Å². The number of nitrogens with one attached hydrogen (secondary N) is 4. The third-order valence-electron chi connectivity index (χ3n) is 8.85. The molecule has 2 aromatic heterocycles. The van der Waals surface area contributed by atoms with E-state index in [4.69, 9.17) is 18.9 Å². The van der Waals surface area contributed by atoms with Crippen LogP contribution in [-0.2, 0) is 22.4 Å². The van der Waals surface area contributed by atoms with Crippen molar-refractivity contribution in [2.75, 3.05) is 31.0 Å². The Hall–Kier alpha value is -6.64. The molecule has 6 aromatic rings. The van der Waals surface area contributed by atoms with E-state index in [9.17, 15) is 19.2 Å². The lowest BCUT2D eigenvalue weighted by Gasteiger charge is -2.24. The van der Waals surface area contributed by atoms with Gasteiger partial charge in [-0.15, -0.1) is 22.7 Å². The molecule has 2 atom stereocenters. The summed E-state index contributed by atoms with van der Waals surface area (Å²) in [6.45, 7) is 0.590. The number of benzene rings is 4. The first-order chi connectivity index (χ1) is 27.8. The van der Waals surface area contributed by atoms with Crippen molar-refractivity contribution in [2.24, 2.45) is 0 Å². The lowest BCUT2D eigenvalue weighted by atomic mass is 10.0. The summed E-state index contributed by atoms with van der Waals surface area (Å²) in [5.41, 5.74) is 2.43. The van der Waals surface area contributed by atoms with E-state index >= 15 is 0 Å². The molecule has 1 aliphatic rings. The van der Waals surface area contributed by atoms with Gasteiger partial charge in [-0.1, -0.05) is 66.7 Å². The first-order valence-electron chi connectivity index (χ1n) is 18.0. The number of hydrogen-bond donors (Lipinski definition) is 4. The van der Waals surface area contributed by atoms with E-state index in [2.05, 4.69) is 21.3 Å². The molecule has 4 aromatic carbocycles. The number of amides is 4. The van der Waals surface area contributed by atoms with Crippen LogP contribution in [-0.4, -0.2) is 56.0 Å². The van der Waals surface area contributed by atoms with Gasteiger partial charge < -0.3 is 40.2 Å². The van der Waals surface area contributed by atoms with E-state index in [-0.39, 0.29) is 31.3 Å². The van der Waals surface area contributed by atoms with Crippen LogP contribution < -0.4 is 40.2 Å². The zero-order valence-corrected chi connectivity index (χ0v) is 32.3. The first kappa shape index (κ1) is 38.6. The highest BCUT2D eigenvalue weighted by atomic mass is 32.1. The Balaban J connectivity index is 1.08. The van der Waals surface area contributed by atoms with Gasteiger partial charge in [0.25, 0.3) is 11.8 Å². The Morgan fingerprint density at radius 3 is 1.82 bits per heavy atom. The molecule has 14 heteroatoms. The van der Waals surface area contributed by atoms with Crippen molar-refractivity contribution in [3.63, 3.8) is 0 Å². The number of para-hydroxylation sites is 2. The molecule has 12 nitrogen and oxygen atoms in total. The average molecular weight is 803 g/mol. The fourth-order valence-corrected chi connectivity index (χ4v) is 7.33. The summed E-state index contributed by atoms with van der Waals surface area (Å²) in [5.74, 6) is 0.493. The number of carbonyl (C=O) groups is 4. The molecule has 1 aliphatic heterocycles. The molecule has 0 aliphatic carbocycles. The van der Waals surface area contributed by atoms with Crippen molar-refractivity contribution in [3.8, 4) is 28.7 Å². The Morgan fingerprint density at radius 2 is 1.21 bits per heavy atom. The molecule has 0 bridgehead atoms. The van der Waals surface area contributed by atoms with Crippen molar-refractivity contribution in [1.29, 1.82) is 0 Å². The highest BCUT2D eigenvalue weighted by Crippen LogP contribution is 2.42. The number of thiophene rings is 2. The minimum atomic E-state index is -0.916. The van der Waals surface area contributed by atoms with E-state index in [0.29, 0.717) is 56.5 Å². The van der Waals surface area contributed by atoms with Crippen LogP contribution in [0, 0.1) is 0 Å². The zero-order chi connectivity index (χ0) is 39.6. The number of hydrogen-bond acceptors (Lipinski definition) is 10. The summed E-state index contributed by atoms with van der Waals surface area (Å²) in [4.78, 5) is 54.6. The molecule has 3 heterocycles. The van der Waals surface area contributed by atoms with Crippen molar-refractivity contribution in [2.45, 2.75) is 24.9 Å². The Morgan fingerprint density at radius 1 is 0.632 bits per heavy atom. The molecule has 57 heavy (non-hydrogen) atoms. The second-order valence-corrected chi connectivity index (χ2v) is 14.7. The van der Waals surface area contributed by atoms with Crippen LogP contribution in [0.4, 0.5) is 11.4 Å². The molecular weight excluding hydrogens is 765 g/mol. The number of methoxy groups -OCH3 is 1. The summed E-state index contributed by atoms with van der Waals surface area (Å²) in [5, 5.41) is 15.2. The summed E-state index contributed by atoms with van der Waals surface area (Å²) in [7, 11) is 1.52. The SMILES string of the molecule is COc1ccccc1NC(=O)C(Cc1ccc(Oc2cc(NC(=O)C(Cc3ccccc3)NC(=O)c3cccs3)c3c(c2)OCCO3)cc1)NC(=O)c1cccs1. The predicted octanol–water partition coefficient (Wildman–Crippen LogP) is 7.34. The summed E-state index contributed by atoms with van der Waals surface area (Å²) < 4.78 is 23.5. The van der Waals surface area contributed by atoms with E-state index < -0.39 is 23.9 Å². The largest absolute Gasteiger partial charge is 0.495 e. The highest BCUT2D eigenvalue weighted by molar-refractivity contribution is 7.12. The normalized spacial score (nSPS) is 12.7. The topological polar surface area (TPSA) is 153 Å². The quantitative estimate of drug-likeness (QED) is 0.0842. The Bertz CT molecular complexity index is 2320. The molecule has 2 unspecified atom stereocenters. The molecule has 4 amide bonds. The lowest BCUT2D eigenvalue weighted by molar-refractivity contribution is -0.118. The molecule has 0 saturated heterocycles. The molecule has 4 N–H and O–H groups in total. The second kappa shape index (κ2) is 18.3. The molecule has 7 rings (SSSR count). The average Bonchev–Trinajstić information content (AvgIpc) is 3.98. The molecular formula is C43H38N4O8S2. The Kier molecular flexibility index (Phi) is 12.4. The van der Waals surface area contributed by atoms with Crippen molar-refractivity contribution < 1.29 is 38.1 Å². The molecule has 0 spiro atoms. The van der Waals surface area contributed by atoms with Gasteiger partial charge in [-0.3, -0.25) is 19.2 Å². The standard InChI is InChI=1S/C43H38N4O8S2/c1-52-35-12-6-5-11-31(35)44-40(48)34(47-43(51)38-14-8-22-57-38)24-28-15-17-29(18-16-28)55-30-25-32(39-36(26-30)53-19-20-54-39)45-41(49)33(23-27-9-3-2-4-10-27)46-42(50)37-13-7-21-56-37/h2-18,21-22,25-26,33-34H,19-20,23-24H2,1H3,(H,44,48)(H,45,49)(H,46,50)(H,47,51). The van der Waals surface area contributed by atoms with E-state index in [1.54, 1.807) is 95.7 Å². The molecule has 0 fully saturated rings. The number of anilines is 2. The maximum absolute atomic E-state index is 13.9. The minimum absolute atomic E-state index is 0.186. The van der Waals surface area contributed by atoms with Crippen LogP contribution in [0.3, 0.4) is 0 Å². The van der Waals surface area contributed by atoms with Crippen LogP contribution in [0.25, 0.3) is 0 Å². The molecule has 290 valence electrons. The van der Waals surface area contributed by atoms with E-state index in [1.807, 2.05) is 30.3 Å². The molecule has 0 radical (unpaired) electrons. The third-order valence-corrected chi connectivity index (χ3v) is 10.6.